The summed E-state index contributed by atoms with van der Waals surface area (Å²) in [5.41, 5.74) is 0.468. The molecule has 2 atom stereocenters. The Morgan fingerprint density at radius 1 is 1.33 bits per heavy atom. The summed E-state index contributed by atoms with van der Waals surface area (Å²) in [5, 5.41) is 3.88. The Morgan fingerprint density at radius 3 is 3.00 bits per heavy atom. The predicted octanol–water partition coefficient (Wildman–Crippen LogP) is 2.23. The molecule has 0 radical (unpaired) electrons. The van der Waals surface area contributed by atoms with Crippen molar-refractivity contribution in [1.82, 2.24) is 9.80 Å². The predicted molar refractivity (Wildman–Crippen MR) is 93.6 cm³/mol. The molecule has 3 aliphatic rings. The number of rotatable bonds is 3. The number of amides is 1. The lowest BCUT2D eigenvalue weighted by molar-refractivity contribution is -0.0890. The molecule has 1 aromatic rings. The molecule has 1 aromatic heterocycles. The zero-order valence-electron chi connectivity index (χ0n) is 14.1. The molecule has 3 fully saturated rings. The van der Waals surface area contributed by atoms with Gasteiger partial charge in [0, 0.05) is 18.5 Å². The monoisotopic (exact) mass is 350 g/mol. The van der Waals surface area contributed by atoms with Crippen LogP contribution in [0.2, 0.25) is 0 Å². The smallest absolute Gasteiger partial charge is 0.254 e. The van der Waals surface area contributed by atoms with Gasteiger partial charge < -0.3 is 19.3 Å². The highest BCUT2D eigenvalue weighted by Crippen LogP contribution is 2.34. The molecule has 1 spiro atoms. The summed E-state index contributed by atoms with van der Waals surface area (Å²) in [4.78, 5) is 17.2. The summed E-state index contributed by atoms with van der Waals surface area (Å²) in [6.07, 6.45) is 4.95. The first-order valence-corrected chi connectivity index (χ1v) is 9.98. The number of hydrogen-bond donors (Lipinski definition) is 0. The fourth-order valence-electron chi connectivity index (χ4n) is 4.15. The Kier molecular flexibility index (Phi) is 4.90. The van der Waals surface area contributed by atoms with E-state index in [1.54, 1.807) is 11.3 Å². The van der Waals surface area contributed by atoms with Crippen molar-refractivity contribution in [3.8, 4) is 0 Å². The highest BCUT2D eigenvalue weighted by atomic mass is 32.1. The van der Waals surface area contributed by atoms with Gasteiger partial charge in [-0.25, -0.2) is 0 Å². The molecule has 6 heteroatoms. The van der Waals surface area contributed by atoms with E-state index in [2.05, 4.69) is 4.90 Å². The molecule has 2 unspecified atom stereocenters. The van der Waals surface area contributed by atoms with Crippen LogP contribution in [-0.4, -0.2) is 73.3 Å². The second-order valence-electron chi connectivity index (χ2n) is 7.26. The fraction of sp³-hybridized carbons (Fsp3) is 0.722. The molecule has 0 N–H and O–H groups in total. The van der Waals surface area contributed by atoms with E-state index in [1.807, 2.05) is 21.7 Å². The Bertz CT molecular complexity index is 559. The zero-order chi connectivity index (χ0) is 16.4. The lowest BCUT2D eigenvalue weighted by Crippen LogP contribution is -2.47. The number of likely N-dealkylation sites (tertiary alicyclic amines) is 1. The SMILES string of the molecule is O=C(c1ccsc1)N1CCOCC2(CCC(CN3CCCC3)O2)C1. The third-order valence-corrected chi connectivity index (χ3v) is 6.09. The molecule has 3 aliphatic heterocycles. The lowest BCUT2D eigenvalue weighted by Gasteiger charge is -2.32. The van der Waals surface area contributed by atoms with Crippen molar-refractivity contribution in [2.24, 2.45) is 0 Å². The van der Waals surface area contributed by atoms with Crippen LogP contribution in [0.5, 0.6) is 0 Å². The van der Waals surface area contributed by atoms with Crippen LogP contribution < -0.4 is 0 Å². The van der Waals surface area contributed by atoms with Crippen molar-refractivity contribution in [2.45, 2.75) is 37.4 Å². The first-order chi connectivity index (χ1) is 11.7. The number of carbonyl (C=O) groups is 1. The minimum Gasteiger partial charge on any atom is -0.377 e. The van der Waals surface area contributed by atoms with Crippen LogP contribution in [0.1, 0.15) is 36.0 Å². The minimum atomic E-state index is -0.313. The number of nitrogens with zero attached hydrogens (tertiary/aromatic N) is 2. The zero-order valence-corrected chi connectivity index (χ0v) is 14.9. The molecular formula is C18H26N2O3S. The molecule has 5 nitrogen and oxygen atoms in total. The first kappa shape index (κ1) is 16.5. The molecule has 4 heterocycles. The highest BCUT2D eigenvalue weighted by Gasteiger charge is 2.44. The van der Waals surface area contributed by atoms with Crippen LogP contribution in [0.15, 0.2) is 16.8 Å². The first-order valence-electron chi connectivity index (χ1n) is 9.04. The topological polar surface area (TPSA) is 42.0 Å². The molecule has 3 saturated heterocycles. The van der Waals surface area contributed by atoms with Crippen LogP contribution in [0.4, 0.5) is 0 Å². The van der Waals surface area contributed by atoms with E-state index in [4.69, 9.17) is 9.47 Å². The minimum absolute atomic E-state index is 0.104. The third-order valence-electron chi connectivity index (χ3n) is 5.40. The summed E-state index contributed by atoms with van der Waals surface area (Å²) in [6.45, 7) is 5.93. The largest absolute Gasteiger partial charge is 0.377 e. The van der Waals surface area contributed by atoms with Gasteiger partial charge in [0.15, 0.2) is 0 Å². The van der Waals surface area contributed by atoms with Gasteiger partial charge in [0.05, 0.1) is 31.4 Å². The number of thiophene rings is 1. The average molecular weight is 350 g/mol. The molecule has 0 aliphatic carbocycles. The standard InChI is InChI=1S/C18H26N2O3S/c21-17(15-4-10-24-12-15)20-8-9-22-14-18(13-20)5-3-16(23-18)11-19-6-1-2-7-19/h4,10,12,16H,1-3,5-9,11,13-14H2. The summed E-state index contributed by atoms with van der Waals surface area (Å²) >= 11 is 1.56. The summed E-state index contributed by atoms with van der Waals surface area (Å²) in [7, 11) is 0. The molecule has 4 rings (SSSR count). The normalized spacial score (nSPS) is 31.7. The second kappa shape index (κ2) is 7.12. The van der Waals surface area contributed by atoms with Gasteiger partial charge in [-0.15, -0.1) is 0 Å². The lowest BCUT2D eigenvalue weighted by atomic mass is 10.00. The van der Waals surface area contributed by atoms with E-state index in [0.29, 0.717) is 26.3 Å². The van der Waals surface area contributed by atoms with E-state index < -0.39 is 0 Å². The van der Waals surface area contributed by atoms with Crippen molar-refractivity contribution in [2.75, 3.05) is 45.9 Å². The summed E-state index contributed by atoms with van der Waals surface area (Å²) in [5.74, 6) is 0.104. The maximum Gasteiger partial charge on any atom is 0.254 e. The maximum absolute atomic E-state index is 12.7. The summed E-state index contributed by atoms with van der Waals surface area (Å²) in [6, 6.07) is 1.90. The van der Waals surface area contributed by atoms with Crippen LogP contribution in [0, 0.1) is 0 Å². The van der Waals surface area contributed by atoms with Crippen molar-refractivity contribution >= 4 is 17.2 Å². The average Bonchev–Trinajstić information content (AvgIpc) is 3.30. The number of ether oxygens (including phenoxy) is 2. The quantitative estimate of drug-likeness (QED) is 0.838. The number of hydrogen-bond acceptors (Lipinski definition) is 5. The van der Waals surface area contributed by atoms with Gasteiger partial charge in [-0.05, 0) is 50.2 Å². The fourth-order valence-corrected chi connectivity index (χ4v) is 4.78. The molecule has 1 amide bonds. The Hall–Kier alpha value is -0.950. The highest BCUT2D eigenvalue weighted by molar-refractivity contribution is 7.08. The van der Waals surface area contributed by atoms with Crippen LogP contribution in [0.3, 0.4) is 0 Å². The second-order valence-corrected chi connectivity index (χ2v) is 8.04. The van der Waals surface area contributed by atoms with E-state index in [1.165, 1.54) is 25.9 Å². The van der Waals surface area contributed by atoms with Crippen LogP contribution in [-0.2, 0) is 9.47 Å². The van der Waals surface area contributed by atoms with Gasteiger partial charge in [0.1, 0.15) is 5.60 Å². The molecule has 132 valence electrons. The third kappa shape index (κ3) is 3.52. The van der Waals surface area contributed by atoms with Gasteiger partial charge in [0.2, 0.25) is 0 Å². The van der Waals surface area contributed by atoms with Gasteiger partial charge in [-0.1, -0.05) is 0 Å². The van der Waals surface area contributed by atoms with Gasteiger partial charge in [0.25, 0.3) is 5.91 Å². The molecule has 0 aromatic carbocycles. The molecule has 24 heavy (non-hydrogen) atoms. The van der Waals surface area contributed by atoms with Crippen molar-refractivity contribution in [1.29, 1.82) is 0 Å². The van der Waals surface area contributed by atoms with Gasteiger partial charge in [-0.3, -0.25) is 4.79 Å². The van der Waals surface area contributed by atoms with Crippen LogP contribution in [0.25, 0.3) is 0 Å². The molecule has 0 bridgehead atoms. The van der Waals surface area contributed by atoms with E-state index in [0.717, 1.165) is 24.9 Å². The van der Waals surface area contributed by atoms with E-state index in [9.17, 15) is 4.79 Å². The molecule has 0 saturated carbocycles. The van der Waals surface area contributed by atoms with Gasteiger partial charge >= 0.3 is 0 Å². The van der Waals surface area contributed by atoms with E-state index in [-0.39, 0.29) is 17.6 Å². The van der Waals surface area contributed by atoms with Crippen molar-refractivity contribution in [3.05, 3.63) is 22.4 Å². The summed E-state index contributed by atoms with van der Waals surface area (Å²) < 4.78 is 12.3. The Balaban J connectivity index is 1.41. The maximum atomic E-state index is 12.7. The Labute approximate surface area is 147 Å². The van der Waals surface area contributed by atoms with Crippen molar-refractivity contribution < 1.29 is 14.3 Å². The van der Waals surface area contributed by atoms with Crippen molar-refractivity contribution in [3.63, 3.8) is 0 Å². The number of carbonyl (C=O) groups excluding carboxylic acids is 1. The Morgan fingerprint density at radius 2 is 2.21 bits per heavy atom. The van der Waals surface area contributed by atoms with Gasteiger partial charge in [-0.2, -0.15) is 11.3 Å². The van der Waals surface area contributed by atoms with E-state index >= 15 is 0 Å². The van der Waals surface area contributed by atoms with Crippen LogP contribution >= 0.6 is 11.3 Å². The molecular weight excluding hydrogens is 324 g/mol.